The van der Waals surface area contributed by atoms with Crippen molar-refractivity contribution >= 4 is 22.3 Å². The zero-order valence-electron chi connectivity index (χ0n) is 13.5. The highest BCUT2D eigenvalue weighted by molar-refractivity contribution is 7.81. The Morgan fingerprint density at radius 2 is 1.84 bits per heavy atom. The van der Waals surface area contributed by atoms with Crippen LogP contribution < -0.4 is 14.8 Å². The molecule has 0 saturated carbocycles. The first-order valence-corrected chi connectivity index (χ1v) is 9.46. The summed E-state index contributed by atoms with van der Waals surface area (Å²) in [5.74, 6) is -1.41. The van der Waals surface area contributed by atoms with Gasteiger partial charge in [-0.25, -0.2) is 0 Å². The lowest BCUT2D eigenvalue weighted by atomic mass is 9.85. The summed E-state index contributed by atoms with van der Waals surface area (Å²) in [5.41, 5.74) is 1.11. The third-order valence-electron chi connectivity index (χ3n) is 4.65. The van der Waals surface area contributed by atoms with Crippen molar-refractivity contribution in [3.8, 4) is 5.75 Å². The first-order chi connectivity index (χ1) is 11.8. The molecular weight excluding hydrogens is 351 g/mol. The normalized spacial score (nSPS) is 22.5. The Hall–Kier alpha value is -2.00. The standard InChI is InChI=1S/C16H19FN2O5S/c17-25(22,23)24-14-9-11(13-3-4-15(20)19-16(13)21)1-2-12(14)10-5-7-18-8-6-10/h1-2,9-10,13,18H,3-8H2,(H,19,20,21). The van der Waals surface area contributed by atoms with Gasteiger partial charge in [0.25, 0.3) is 0 Å². The Morgan fingerprint density at radius 3 is 2.48 bits per heavy atom. The molecule has 2 saturated heterocycles. The second-order valence-corrected chi connectivity index (χ2v) is 7.25. The summed E-state index contributed by atoms with van der Waals surface area (Å²) in [4.78, 5) is 23.3. The van der Waals surface area contributed by atoms with Crippen LogP contribution in [0.1, 0.15) is 48.6 Å². The first kappa shape index (κ1) is 17.8. The molecule has 0 radical (unpaired) electrons. The van der Waals surface area contributed by atoms with Gasteiger partial charge in [0.1, 0.15) is 5.75 Å². The number of hydrogen-bond donors (Lipinski definition) is 2. The van der Waals surface area contributed by atoms with E-state index >= 15 is 0 Å². The minimum absolute atomic E-state index is 0.0498. The van der Waals surface area contributed by atoms with Gasteiger partial charge in [-0.2, -0.15) is 8.42 Å². The van der Waals surface area contributed by atoms with Gasteiger partial charge in [-0.1, -0.05) is 16.0 Å². The van der Waals surface area contributed by atoms with Crippen LogP contribution in [0.15, 0.2) is 18.2 Å². The molecular formula is C16H19FN2O5S. The molecule has 136 valence electrons. The Bertz CT molecular complexity index is 790. The summed E-state index contributed by atoms with van der Waals surface area (Å²) in [6, 6.07) is 4.80. The second kappa shape index (κ2) is 7.09. The minimum Gasteiger partial charge on any atom is -0.358 e. The summed E-state index contributed by atoms with van der Waals surface area (Å²) in [6.45, 7) is 1.56. The molecule has 7 nitrogen and oxygen atoms in total. The van der Waals surface area contributed by atoms with Gasteiger partial charge in [-0.15, -0.1) is 0 Å². The van der Waals surface area contributed by atoms with Crippen LogP contribution in [0.5, 0.6) is 5.75 Å². The zero-order valence-corrected chi connectivity index (χ0v) is 14.3. The maximum absolute atomic E-state index is 13.1. The van der Waals surface area contributed by atoms with E-state index in [0.29, 0.717) is 17.5 Å². The third-order valence-corrected chi connectivity index (χ3v) is 5.03. The van der Waals surface area contributed by atoms with E-state index in [1.165, 1.54) is 6.07 Å². The highest BCUT2D eigenvalue weighted by Gasteiger charge is 2.30. The van der Waals surface area contributed by atoms with Crippen LogP contribution >= 0.6 is 0 Å². The number of halogens is 1. The van der Waals surface area contributed by atoms with Crippen LogP contribution in [0, 0.1) is 0 Å². The fourth-order valence-corrected chi connectivity index (χ4v) is 3.79. The van der Waals surface area contributed by atoms with Crippen LogP contribution in [0.25, 0.3) is 0 Å². The number of carbonyl (C=O) groups is 2. The summed E-state index contributed by atoms with van der Waals surface area (Å²) in [5, 5.41) is 5.46. The molecule has 1 aromatic carbocycles. The van der Waals surface area contributed by atoms with Crippen LogP contribution in [-0.2, 0) is 20.1 Å². The maximum Gasteiger partial charge on any atom is 0.488 e. The Balaban J connectivity index is 1.94. The van der Waals surface area contributed by atoms with Crippen LogP contribution in [0.3, 0.4) is 0 Å². The van der Waals surface area contributed by atoms with Crippen molar-refractivity contribution in [2.24, 2.45) is 0 Å². The molecule has 0 aromatic heterocycles. The monoisotopic (exact) mass is 370 g/mol. The van der Waals surface area contributed by atoms with Crippen molar-refractivity contribution in [1.82, 2.24) is 10.6 Å². The summed E-state index contributed by atoms with van der Waals surface area (Å²) in [6.07, 6.45) is 2.07. The molecule has 0 bridgehead atoms. The van der Waals surface area contributed by atoms with Crippen molar-refractivity contribution in [1.29, 1.82) is 0 Å². The number of rotatable bonds is 4. The summed E-state index contributed by atoms with van der Waals surface area (Å²) >= 11 is 0. The number of carbonyl (C=O) groups excluding carboxylic acids is 2. The quantitative estimate of drug-likeness (QED) is 0.611. The van der Waals surface area contributed by atoms with Gasteiger partial charge in [0, 0.05) is 6.42 Å². The largest absolute Gasteiger partial charge is 0.488 e. The van der Waals surface area contributed by atoms with E-state index in [4.69, 9.17) is 0 Å². The Morgan fingerprint density at radius 1 is 1.12 bits per heavy atom. The average Bonchev–Trinajstić information content (AvgIpc) is 2.54. The molecule has 1 atom stereocenters. The average molecular weight is 370 g/mol. The van der Waals surface area contributed by atoms with Crippen molar-refractivity contribution in [2.75, 3.05) is 13.1 Å². The van der Waals surface area contributed by atoms with E-state index in [1.54, 1.807) is 12.1 Å². The van der Waals surface area contributed by atoms with E-state index in [9.17, 15) is 21.9 Å². The third kappa shape index (κ3) is 4.35. The van der Waals surface area contributed by atoms with E-state index < -0.39 is 22.3 Å². The highest BCUT2D eigenvalue weighted by atomic mass is 32.3. The molecule has 2 heterocycles. The number of amides is 2. The number of imide groups is 1. The molecule has 0 spiro atoms. The molecule has 2 N–H and O–H groups in total. The number of nitrogens with one attached hydrogen (secondary N) is 2. The molecule has 2 aliphatic heterocycles. The van der Waals surface area contributed by atoms with E-state index in [-0.39, 0.29) is 24.0 Å². The SMILES string of the molecule is O=C1CCC(c2ccc(C3CCNCC3)c(OS(=O)(=O)F)c2)C(=O)N1. The molecule has 2 amide bonds. The van der Waals surface area contributed by atoms with Gasteiger partial charge in [0.15, 0.2) is 0 Å². The van der Waals surface area contributed by atoms with Crippen molar-refractivity contribution in [3.05, 3.63) is 29.3 Å². The Labute approximate surface area is 145 Å². The summed E-state index contributed by atoms with van der Waals surface area (Å²) in [7, 11) is -5.18. The van der Waals surface area contributed by atoms with Gasteiger partial charge >= 0.3 is 10.5 Å². The second-order valence-electron chi connectivity index (χ2n) is 6.30. The number of piperidine rings is 2. The fraction of sp³-hybridized carbons (Fsp3) is 0.500. The molecule has 1 unspecified atom stereocenters. The molecule has 3 rings (SSSR count). The summed E-state index contributed by atoms with van der Waals surface area (Å²) < 4.78 is 39.7. The minimum atomic E-state index is -5.18. The van der Waals surface area contributed by atoms with Crippen LogP contribution in [-0.4, -0.2) is 33.3 Å². The molecule has 2 fully saturated rings. The van der Waals surface area contributed by atoms with Gasteiger partial charge in [-0.3, -0.25) is 14.9 Å². The molecule has 25 heavy (non-hydrogen) atoms. The van der Waals surface area contributed by atoms with Crippen molar-refractivity contribution in [3.63, 3.8) is 0 Å². The number of benzene rings is 1. The lowest BCUT2D eigenvalue weighted by Gasteiger charge is -2.26. The van der Waals surface area contributed by atoms with Gasteiger partial charge in [0.05, 0.1) is 5.92 Å². The molecule has 1 aromatic rings. The van der Waals surface area contributed by atoms with Gasteiger partial charge < -0.3 is 9.50 Å². The molecule has 2 aliphatic rings. The van der Waals surface area contributed by atoms with Crippen LogP contribution in [0.4, 0.5) is 3.89 Å². The lowest BCUT2D eigenvalue weighted by Crippen LogP contribution is -2.39. The zero-order chi connectivity index (χ0) is 18.0. The van der Waals surface area contributed by atoms with E-state index in [0.717, 1.165) is 25.9 Å². The topological polar surface area (TPSA) is 102 Å². The van der Waals surface area contributed by atoms with E-state index in [1.807, 2.05) is 0 Å². The smallest absolute Gasteiger partial charge is 0.358 e. The first-order valence-electron chi connectivity index (χ1n) is 8.16. The molecule has 0 aliphatic carbocycles. The van der Waals surface area contributed by atoms with Gasteiger partial charge in [0.2, 0.25) is 11.8 Å². The van der Waals surface area contributed by atoms with E-state index in [2.05, 4.69) is 14.8 Å². The Kier molecular flexibility index (Phi) is 5.05. The maximum atomic E-state index is 13.1. The lowest BCUT2D eigenvalue weighted by molar-refractivity contribution is -0.134. The van der Waals surface area contributed by atoms with Crippen molar-refractivity contribution in [2.45, 2.75) is 37.5 Å². The van der Waals surface area contributed by atoms with Crippen molar-refractivity contribution < 1.29 is 26.1 Å². The highest BCUT2D eigenvalue weighted by Crippen LogP contribution is 2.37. The number of hydrogen-bond acceptors (Lipinski definition) is 6. The predicted molar refractivity (Wildman–Crippen MR) is 87.1 cm³/mol. The predicted octanol–water partition coefficient (Wildman–Crippen LogP) is 1.27. The molecule has 9 heteroatoms. The van der Waals surface area contributed by atoms with Crippen LogP contribution in [0.2, 0.25) is 0 Å². The van der Waals surface area contributed by atoms with Gasteiger partial charge in [-0.05, 0) is 55.5 Å². The fourth-order valence-electron chi connectivity index (χ4n) is 3.43.